The van der Waals surface area contributed by atoms with Crippen molar-refractivity contribution >= 4 is 11.6 Å². The average molecular weight is 302 g/mol. The second-order valence-electron chi connectivity index (χ2n) is 5.29. The Bertz CT molecular complexity index is 896. The lowest BCUT2D eigenvalue weighted by Crippen LogP contribution is -1.95. The molecule has 1 aromatic heterocycles. The van der Waals surface area contributed by atoms with E-state index in [9.17, 15) is 9.65 Å². The number of hydrogen-bond acceptors (Lipinski definition) is 1. The van der Waals surface area contributed by atoms with Crippen molar-refractivity contribution in [2.45, 2.75) is 6.92 Å². The summed E-state index contributed by atoms with van der Waals surface area (Å²) in [6.45, 7) is 2.03. The standard InChI is InChI=1S/C20H15FN2/c1-15-8-10-17(11-9-15)23-12-4-5-18(23)13-16(14-22)19-6-2-3-7-20(19)21/h2-13H,1H3. The van der Waals surface area contributed by atoms with Gasteiger partial charge >= 0.3 is 0 Å². The highest BCUT2D eigenvalue weighted by Gasteiger charge is 2.08. The normalized spacial score (nSPS) is 11.3. The van der Waals surface area contributed by atoms with Crippen LogP contribution in [0.1, 0.15) is 16.8 Å². The summed E-state index contributed by atoms with van der Waals surface area (Å²) in [6.07, 6.45) is 3.63. The number of rotatable bonds is 3. The van der Waals surface area contributed by atoms with E-state index in [0.29, 0.717) is 11.1 Å². The first kappa shape index (κ1) is 14.8. The Balaban J connectivity index is 2.06. The molecule has 0 bridgehead atoms. The van der Waals surface area contributed by atoms with Crippen molar-refractivity contribution in [3.63, 3.8) is 0 Å². The molecular formula is C20H15FN2. The van der Waals surface area contributed by atoms with Crippen molar-refractivity contribution in [2.75, 3.05) is 0 Å². The number of halogens is 1. The third-order valence-corrected chi connectivity index (χ3v) is 3.67. The van der Waals surface area contributed by atoms with Gasteiger partial charge in [0.25, 0.3) is 0 Å². The maximum absolute atomic E-state index is 13.9. The number of nitrogens with zero attached hydrogens (tertiary/aromatic N) is 2. The maximum Gasteiger partial charge on any atom is 0.131 e. The molecule has 0 unspecified atom stereocenters. The molecule has 0 atom stereocenters. The number of hydrogen-bond donors (Lipinski definition) is 0. The van der Waals surface area contributed by atoms with Crippen LogP contribution >= 0.6 is 0 Å². The molecule has 3 aromatic rings. The Morgan fingerprint density at radius 1 is 1.04 bits per heavy atom. The van der Waals surface area contributed by atoms with Crippen LogP contribution in [0.3, 0.4) is 0 Å². The van der Waals surface area contributed by atoms with E-state index in [1.54, 1.807) is 24.3 Å². The van der Waals surface area contributed by atoms with Gasteiger partial charge in [0.05, 0.1) is 11.6 Å². The molecule has 2 nitrogen and oxygen atoms in total. The van der Waals surface area contributed by atoms with Crippen molar-refractivity contribution in [1.29, 1.82) is 5.26 Å². The second kappa shape index (κ2) is 6.33. The van der Waals surface area contributed by atoms with Gasteiger partial charge in [-0.2, -0.15) is 5.26 Å². The Hall–Kier alpha value is -3.12. The number of aryl methyl sites for hydroxylation is 1. The predicted molar refractivity (Wildman–Crippen MR) is 90.4 cm³/mol. The molecular weight excluding hydrogens is 287 g/mol. The maximum atomic E-state index is 13.9. The van der Waals surface area contributed by atoms with E-state index >= 15 is 0 Å². The summed E-state index contributed by atoms with van der Waals surface area (Å²) in [5.41, 5.74) is 3.62. The summed E-state index contributed by atoms with van der Waals surface area (Å²) < 4.78 is 15.9. The molecule has 0 aliphatic rings. The zero-order valence-corrected chi connectivity index (χ0v) is 12.7. The van der Waals surface area contributed by atoms with E-state index in [4.69, 9.17) is 0 Å². The van der Waals surface area contributed by atoms with E-state index in [2.05, 4.69) is 6.07 Å². The van der Waals surface area contributed by atoms with Crippen LogP contribution in [0.25, 0.3) is 17.3 Å². The first-order chi connectivity index (χ1) is 11.2. The average Bonchev–Trinajstić information content (AvgIpc) is 3.02. The lowest BCUT2D eigenvalue weighted by Gasteiger charge is -2.08. The summed E-state index contributed by atoms with van der Waals surface area (Å²) in [7, 11) is 0. The quantitative estimate of drug-likeness (QED) is 0.627. The predicted octanol–water partition coefficient (Wildman–Crippen LogP) is 4.99. The minimum atomic E-state index is -0.395. The van der Waals surface area contributed by atoms with Gasteiger partial charge in [0.2, 0.25) is 0 Å². The Morgan fingerprint density at radius 2 is 1.78 bits per heavy atom. The van der Waals surface area contributed by atoms with E-state index in [-0.39, 0.29) is 0 Å². The number of allylic oxidation sites excluding steroid dienone is 1. The summed E-state index contributed by atoms with van der Waals surface area (Å²) in [4.78, 5) is 0. The van der Waals surface area contributed by atoms with Gasteiger partial charge in [-0.25, -0.2) is 4.39 Å². The smallest absolute Gasteiger partial charge is 0.131 e. The summed E-state index contributed by atoms with van der Waals surface area (Å²) in [5.74, 6) is -0.395. The van der Waals surface area contributed by atoms with Gasteiger partial charge in [-0.3, -0.25) is 0 Å². The second-order valence-corrected chi connectivity index (χ2v) is 5.29. The van der Waals surface area contributed by atoms with E-state index in [0.717, 1.165) is 11.4 Å². The number of nitriles is 1. The van der Waals surface area contributed by atoms with Crippen LogP contribution in [0, 0.1) is 24.1 Å². The van der Waals surface area contributed by atoms with Crippen molar-refractivity contribution in [2.24, 2.45) is 0 Å². The Labute approximate surface area is 134 Å². The van der Waals surface area contributed by atoms with Crippen molar-refractivity contribution < 1.29 is 4.39 Å². The molecule has 0 saturated heterocycles. The molecule has 0 aliphatic carbocycles. The summed E-state index contributed by atoms with van der Waals surface area (Å²) >= 11 is 0. The SMILES string of the molecule is Cc1ccc(-n2cccc2C=C(C#N)c2ccccc2F)cc1. The first-order valence-electron chi connectivity index (χ1n) is 7.30. The molecule has 0 saturated carbocycles. The molecule has 3 rings (SSSR count). The highest BCUT2D eigenvalue weighted by molar-refractivity contribution is 5.89. The Kier molecular flexibility index (Phi) is 4.07. The van der Waals surface area contributed by atoms with Gasteiger partial charge in [0.1, 0.15) is 5.82 Å². The largest absolute Gasteiger partial charge is 0.317 e. The monoisotopic (exact) mass is 302 g/mol. The summed E-state index contributed by atoms with van der Waals surface area (Å²) in [5, 5.41) is 9.41. The van der Waals surface area contributed by atoms with Crippen molar-refractivity contribution in [3.05, 3.63) is 89.5 Å². The minimum absolute atomic E-state index is 0.301. The molecule has 1 heterocycles. The summed E-state index contributed by atoms with van der Waals surface area (Å²) in [6, 6.07) is 20.3. The number of aromatic nitrogens is 1. The third kappa shape index (κ3) is 3.07. The lowest BCUT2D eigenvalue weighted by atomic mass is 10.1. The third-order valence-electron chi connectivity index (χ3n) is 3.67. The van der Waals surface area contributed by atoms with Gasteiger partial charge in [-0.15, -0.1) is 0 Å². The molecule has 0 N–H and O–H groups in total. The van der Waals surface area contributed by atoms with E-state index in [1.165, 1.54) is 11.6 Å². The molecule has 3 heteroatoms. The molecule has 23 heavy (non-hydrogen) atoms. The van der Waals surface area contributed by atoms with Crippen LogP contribution in [0.15, 0.2) is 66.9 Å². The van der Waals surface area contributed by atoms with Crippen LogP contribution < -0.4 is 0 Å². The molecule has 0 amide bonds. The van der Waals surface area contributed by atoms with Crippen LogP contribution in [0.2, 0.25) is 0 Å². The zero-order chi connectivity index (χ0) is 16.2. The fourth-order valence-electron chi connectivity index (χ4n) is 2.45. The van der Waals surface area contributed by atoms with Gasteiger partial charge in [-0.05, 0) is 43.3 Å². The van der Waals surface area contributed by atoms with Crippen molar-refractivity contribution in [3.8, 4) is 11.8 Å². The molecule has 112 valence electrons. The van der Waals surface area contributed by atoms with Crippen LogP contribution in [0.4, 0.5) is 4.39 Å². The fourth-order valence-corrected chi connectivity index (χ4v) is 2.45. The topological polar surface area (TPSA) is 28.7 Å². The van der Waals surface area contributed by atoms with Gasteiger partial charge in [0, 0.05) is 23.1 Å². The van der Waals surface area contributed by atoms with Crippen molar-refractivity contribution in [1.82, 2.24) is 4.57 Å². The molecule has 0 spiro atoms. The fraction of sp³-hybridized carbons (Fsp3) is 0.0500. The molecule has 0 fully saturated rings. The minimum Gasteiger partial charge on any atom is -0.317 e. The lowest BCUT2D eigenvalue weighted by molar-refractivity contribution is 0.624. The molecule has 2 aromatic carbocycles. The van der Waals surface area contributed by atoms with E-state index < -0.39 is 5.82 Å². The first-order valence-corrected chi connectivity index (χ1v) is 7.30. The van der Waals surface area contributed by atoms with Gasteiger partial charge < -0.3 is 4.57 Å². The molecule has 0 aliphatic heterocycles. The van der Waals surface area contributed by atoms with E-state index in [1.807, 2.05) is 54.1 Å². The van der Waals surface area contributed by atoms with Crippen LogP contribution in [0.5, 0.6) is 0 Å². The number of benzene rings is 2. The van der Waals surface area contributed by atoms with Gasteiger partial charge in [0.15, 0.2) is 0 Å². The highest BCUT2D eigenvalue weighted by Crippen LogP contribution is 2.22. The van der Waals surface area contributed by atoms with Gasteiger partial charge in [-0.1, -0.05) is 35.9 Å². The van der Waals surface area contributed by atoms with Crippen LogP contribution in [-0.2, 0) is 0 Å². The Morgan fingerprint density at radius 3 is 2.48 bits per heavy atom. The zero-order valence-electron chi connectivity index (χ0n) is 12.7. The highest BCUT2D eigenvalue weighted by atomic mass is 19.1. The molecule has 0 radical (unpaired) electrons. The van der Waals surface area contributed by atoms with Crippen LogP contribution in [-0.4, -0.2) is 4.57 Å².